The number of carbonyl (C=O) groups is 1. The minimum atomic E-state index is -4.36. The van der Waals surface area contributed by atoms with Gasteiger partial charge in [0.25, 0.3) is 0 Å². The summed E-state index contributed by atoms with van der Waals surface area (Å²) in [5, 5.41) is 0.700. The summed E-state index contributed by atoms with van der Waals surface area (Å²) in [5.41, 5.74) is 0.753. The summed E-state index contributed by atoms with van der Waals surface area (Å²) in [6, 6.07) is 11.0. The largest absolute Gasteiger partial charge is 0.476 e. The van der Waals surface area contributed by atoms with E-state index in [-0.39, 0.29) is 0 Å². The van der Waals surface area contributed by atoms with E-state index < -0.39 is 23.3 Å². The van der Waals surface area contributed by atoms with E-state index in [2.05, 4.69) is 4.98 Å². The van der Waals surface area contributed by atoms with Gasteiger partial charge in [-0.3, -0.25) is 0 Å². The molecule has 1 heterocycles. The van der Waals surface area contributed by atoms with Crippen LogP contribution in [0.4, 0.5) is 13.2 Å². The summed E-state index contributed by atoms with van der Waals surface area (Å²) in [5.74, 6) is 0.917. The molecule has 0 atom stereocenters. The Hall–Kier alpha value is -2.52. The molecular formula is C26H28F3NO3S2. The van der Waals surface area contributed by atoms with Crippen LogP contribution in [-0.2, 0) is 27.9 Å². The summed E-state index contributed by atoms with van der Waals surface area (Å²) in [6.45, 7) is 9.36. The van der Waals surface area contributed by atoms with E-state index in [0.29, 0.717) is 28.7 Å². The number of aryl methyl sites for hydroxylation is 2. The van der Waals surface area contributed by atoms with Crippen molar-refractivity contribution < 1.29 is 27.4 Å². The lowest BCUT2D eigenvalue weighted by Crippen LogP contribution is -2.40. The Morgan fingerprint density at radius 1 is 1.09 bits per heavy atom. The van der Waals surface area contributed by atoms with E-state index in [1.807, 2.05) is 32.0 Å². The minimum absolute atomic E-state index is 0.291. The van der Waals surface area contributed by atoms with Crippen LogP contribution in [0.5, 0.6) is 5.75 Å². The molecule has 0 saturated heterocycles. The first-order valence-electron chi connectivity index (χ1n) is 11.2. The number of rotatable bonds is 9. The number of alkyl halides is 3. The Morgan fingerprint density at radius 3 is 2.37 bits per heavy atom. The molecule has 2 aromatic carbocycles. The summed E-state index contributed by atoms with van der Waals surface area (Å²) >= 11 is 3.13. The molecule has 3 rings (SSSR count). The molecule has 0 amide bonds. The SMILES string of the molecule is CCOC(=O)C(C)(C)Oc1ccc(SCc2sc(-c3ccc(C(F)(F)F)cc3)nc2C)cc1CC. The summed E-state index contributed by atoms with van der Waals surface area (Å²) < 4.78 is 49.6. The summed E-state index contributed by atoms with van der Waals surface area (Å²) in [6.07, 6.45) is -3.62. The van der Waals surface area contributed by atoms with Crippen molar-refractivity contribution in [2.24, 2.45) is 0 Å². The fourth-order valence-electron chi connectivity index (χ4n) is 3.28. The van der Waals surface area contributed by atoms with Crippen molar-refractivity contribution in [3.63, 3.8) is 0 Å². The molecule has 0 radical (unpaired) electrons. The number of hydrogen-bond donors (Lipinski definition) is 0. The number of aromatic nitrogens is 1. The zero-order chi connectivity index (χ0) is 25.8. The molecule has 3 aromatic rings. The van der Waals surface area contributed by atoms with Gasteiger partial charge in [0.15, 0.2) is 5.60 Å². The van der Waals surface area contributed by atoms with Crippen LogP contribution >= 0.6 is 23.1 Å². The highest BCUT2D eigenvalue weighted by molar-refractivity contribution is 7.98. The third kappa shape index (κ3) is 6.79. The number of esters is 1. The van der Waals surface area contributed by atoms with Gasteiger partial charge in [0.1, 0.15) is 10.8 Å². The Balaban J connectivity index is 1.71. The monoisotopic (exact) mass is 523 g/mol. The molecule has 0 N–H and O–H groups in total. The summed E-state index contributed by atoms with van der Waals surface area (Å²) in [4.78, 5) is 18.9. The lowest BCUT2D eigenvalue weighted by atomic mass is 10.1. The standard InChI is InChI=1S/C26H28F3NO3S2/c1-6-17-14-20(12-13-21(17)33-25(4,5)24(31)32-7-2)34-15-22-16(3)30-23(35-22)18-8-10-19(11-9-18)26(27,28)29/h8-14H,6-7,15H2,1-5H3. The van der Waals surface area contributed by atoms with E-state index in [4.69, 9.17) is 9.47 Å². The number of ether oxygens (including phenoxy) is 2. The quantitative estimate of drug-likeness (QED) is 0.212. The maximum Gasteiger partial charge on any atom is 0.416 e. The van der Waals surface area contributed by atoms with Gasteiger partial charge in [0.2, 0.25) is 0 Å². The fraction of sp³-hybridized carbons (Fsp3) is 0.385. The Morgan fingerprint density at radius 2 is 1.77 bits per heavy atom. The molecule has 9 heteroatoms. The van der Waals surface area contributed by atoms with Gasteiger partial charge in [-0.1, -0.05) is 19.1 Å². The van der Waals surface area contributed by atoms with E-state index >= 15 is 0 Å². The number of thioether (sulfide) groups is 1. The number of hydrogen-bond acceptors (Lipinski definition) is 6. The normalized spacial score (nSPS) is 12.0. The van der Waals surface area contributed by atoms with Crippen molar-refractivity contribution in [1.82, 2.24) is 4.98 Å². The molecule has 0 aliphatic carbocycles. The van der Waals surface area contributed by atoms with E-state index in [9.17, 15) is 18.0 Å². The molecule has 0 bridgehead atoms. The predicted molar refractivity (Wildman–Crippen MR) is 134 cm³/mol. The molecule has 0 fully saturated rings. The Labute approximate surface area is 211 Å². The molecule has 0 aliphatic heterocycles. The van der Waals surface area contributed by atoms with Gasteiger partial charge in [-0.2, -0.15) is 13.2 Å². The van der Waals surface area contributed by atoms with Gasteiger partial charge in [-0.15, -0.1) is 23.1 Å². The lowest BCUT2D eigenvalue weighted by Gasteiger charge is -2.25. The van der Waals surface area contributed by atoms with Crippen LogP contribution in [0.25, 0.3) is 10.6 Å². The first-order chi connectivity index (χ1) is 16.4. The molecule has 0 unspecified atom stereocenters. The molecule has 0 aliphatic rings. The molecule has 0 saturated carbocycles. The van der Waals surface area contributed by atoms with Gasteiger partial charge >= 0.3 is 12.1 Å². The first kappa shape index (κ1) is 27.1. The third-order valence-electron chi connectivity index (χ3n) is 5.27. The van der Waals surface area contributed by atoms with Crippen molar-refractivity contribution in [3.05, 3.63) is 64.2 Å². The second-order valence-electron chi connectivity index (χ2n) is 8.35. The number of nitrogens with zero attached hydrogens (tertiary/aromatic N) is 1. The number of thiazole rings is 1. The van der Waals surface area contributed by atoms with Crippen LogP contribution in [-0.4, -0.2) is 23.2 Å². The van der Waals surface area contributed by atoms with Crippen LogP contribution in [0.2, 0.25) is 0 Å². The zero-order valence-corrected chi connectivity index (χ0v) is 21.9. The fourth-order valence-corrected chi connectivity index (χ4v) is 5.45. The molecule has 35 heavy (non-hydrogen) atoms. The highest BCUT2D eigenvalue weighted by atomic mass is 32.2. The van der Waals surface area contributed by atoms with Crippen molar-refractivity contribution in [1.29, 1.82) is 0 Å². The topological polar surface area (TPSA) is 48.4 Å². The van der Waals surface area contributed by atoms with Crippen LogP contribution in [0.15, 0.2) is 47.4 Å². The zero-order valence-electron chi connectivity index (χ0n) is 20.3. The summed E-state index contributed by atoms with van der Waals surface area (Å²) in [7, 11) is 0. The third-order valence-corrected chi connectivity index (χ3v) is 7.68. The second kappa shape index (κ2) is 11.0. The van der Waals surface area contributed by atoms with Crippen molar-refractivity contribution in [2.45, 2.75) is 63.5 Å². The van der Waals surface area contributed by atoms with E-state index in [0.717, 1.165) is 39.6 Å². The molecule has 188 valence electrons. The van der Waals surface area contributed by atoms with Crippen LogP contribution in [0.3, 0.4) is 0 Å². The highest BCUT2D eigenvalue weighted by Crippen LogP contribution is 2.36. The first-order valence-corrected chi connectivity index (χ1v) is 13.0. The average Bonchev–Trinajstić information content (AvgIpc) is 3.18. The van der Waals surface area contributed by atoms with Crippen molar-refractivity contribution >= 4 is 29.1 Å². The van der Waals surface area contributed by atoms with Crippen molar-refractivity contribution in [2.75, 3.05) is 6.61 Å². The maximum atomic E-state index is 12.8. The lowest BCUT2D eigenvalue weighted by molar-refractivity contribution is -0.158. The molecule has 1 aromatic heterocycles. The van der Waals surface area contributed by atoms with Crippen molar-refractivity contribution in [3.8, 4) is 16.3 Å². The smallest absolute Gasteiger partial charge is 0.416 e. The Kier molecular flexibility index (Phi) is 8.54. The number of benzene rings is 2. The maximum absolute atomic E-state index is 12.8. The van der Waals surface area contributed by atoms with E-state index in [1.165, 1.54) is 23.5 Å². The van der Waals surface area contributed by atoms with Gasteiger partial charge in [0, 0.05) is 21.1 Å². The van der Waals surface area contributed by atoms with Crippen LogP contribution in [0.1, 0.15) is 49.4 Å². The molecule has 0 spiro atoms. The number of carbonyl (C=O) groups excluding carboxylic acids is 1. The van der Waals surface area contributed by atoms with Gasteiger partial charge in [-0.25, -0.2) is 9.78 Å². The highest BCUT2D eigenvalue weighted by Gasteiger charge is 2.32. The molecular weight excluding hydrogens is 495 g/mol. The van der Waals surface area contributed by atoms with E-state index in [1.54, 1.807) is 32.5 Å². The average molecular weight is 524 g/mol. The Bertz CT molecular complexity index is 1170. The predicted octanol–water partition coefficient (Wildman–Crippen LogP) is 7.71. The van der Waals surface area contributed by atoms with Gasteiger partial charge in [0.05, 0.1) is 17.9 Å². The van der Waals surface area contributed by atoms with Crippen LogP contribution in [0, 0.1) is 6.92 Å². The molecule has 4 nitrogen and oxygen atoms in total. The van der Waals surface area contributed by atoms with Crippen LogP contribution < -0.4 is 4.74 Å². The minimum Gasteiger partial charge on any atom is -0.476 e. The van der Waals surface area contributed by atoms with Gasteiger partial charge in [-0.05, 0) is 70.0 Å². The number of halogens is 3. The second-order valence-corrected chi connectivity index (χ2v) is 10.5. The van der Waals surface area contributed by atoms with Gasteiger partial charge < -0.3 is 9.47 Å².